The van der Waals surface area contributed by atoms with Gasteiger partial charge in [0, 0.05) is 25.5 Å². The number of piperidine rings is 1. The van der Waals surface area contributed by atoms with E-state index >= 15 is 0 Å². The summed E-state index contributed by atoms with van der Waals surface area (Å²) in [6.45, 7) is 5.77. The van der Waals surface area contributed by atoms with Gasteiger partial charge in [-0.15, -0.1) is 0 Å². The molecule has 4 aromatic rings. The predicted octanol–water partition coefficient (Wildman–Crippen LogP) is 7.48. The lowest BCUT2D eigenvalue weighted by Crippen LogP contribution is -2.41. The molecular weight excluding hydrogens is 534 g/mol. The lowest BCUT2D eigenvalue weighted by atomic mass is 9.87. The normalized spacial score (nSPS) is 16.7. The Kier molecular flexibility index (Phi) is 12.7. The van der Waals surface area contributed by atoms with Crippen molar-refractivity contribution < 1.29 is 18.9 Å². The van der Waals surface area contributed by atoms with Gasteiger partial charge >= 0.3 is 0 Å². The zero-order valence-electron chi connectivity index (χ0n) is 25.2. The Hall–Kier alpha value is -3.48. The maximum absolute atomic E-state index is 6.56. The number of hydrogen-bond acceptors (Lipinski definition) is 5. The van der Waals surface area contributed by atoms with Gasteiger partial charge in [0.05, 0.1) is 39.1 Å². The summed E-state index contributed by atoms with van der Waals surface area (Å²) in [4.78, 5) is 0. The smallest absolute Gasteiger partial charge is 0.119 e. The second-order valence-corrected chi connectivity index (χ2v) is 11.2. The fourth-order valence-electron chi connectivity index (χ4n) is 5.55. The molecule has 0 aliphatic carbocycles. The molecule has 1 fully saturated rings. The fourth-order valence-corrected chi connectivity index (χ4v) is 5.55. The molecule has 5 rings (SSSR count). The van der Waals surface area contributed by atoms with E-state index in [0.717, 1.165) is 51.1 Å². The molecule has 226 valence electrons. The molecule has 1 aliphatic heterocycles. The molecule has 0 spiro atoms. The summed E-state index contributed by atoms with van der Waals surface area (Å²) in [5.41, 5.74) is 6.27. The summed E-state index contributed by atoms with van der Waals surface area (Å²) in [5, 5.41) is 3.53. The van der Waals surface area contributed by atoms with Crippen molar-refractivity contribution in [3.05, 3.63) is 137 Å². The average molecular weight is 580 g/mol. The van der Waals surface area contributed by atoms with Gasteiger partial charge in [0.1, 0.15) is 5.75 Å². The highest BCUT2D eigenvalue weighted by atomic mass is 16.5. The summed E-state index contributed by atoms with van der Waals surface area (Å²) in [7, 11) is 0. The molecule has 2 unspecified atom stereocenters. The predicted molar refractivity (Wildman–Crippen MR) is 172 cm³/mol. The molecule has 5 nitrogen and oxygen atoms in total. The number of ether oxygens (including phenoxy) is 4. The van der Waals surface area contributed by atoms with Crippen molar-refractivity contribution in [3.8, 4) is 5.75 Å². The number of aryl methyl sites for hydroxylation is 1. The molecular formula is C38H45NO4. The highest BCUT2D eigenvalue weighted by molar-refractivity contribution is 5.31. The van der Waals surface area contributed by atoms with Gasteiger partial charge in [-0.2, -0.15) is 0 Å². The molecule has 1 saturated heterocycles. The van der Waals surface area contributed by atoms with E-state index in [9.17, 15) is 0 Å². The van der Waals surface area contributed by atoms with Crippen LogP contribution in [-0.4, -0.2) is 39.0 Å². The Labute approximate surface area is 257 Å². The average Bonchev–Trinajstić information content (AvgIpc) is 3.07. The van der Waals surface area contributed by atoms with Crippen LogP contribution in [-0.2, 0) is 40.5 Å². The van der Waals surface area contributed by atoms with Gasteiger partial charge in [-0.05, 0) is 65.8 Å². The van der Waals surface area contributed by atoms with E-state index in [0.29, 0.717) is 39.0 Å². The molecule has 43 heavy (non-hydrogen) atoms. The molecule has 2 atom stereocenters. The first-order valence-corrected chi connectivity index (χ1v) is 15.7. The minimum absolute atomic E-state index is 0.113. The van der Waals surface area contributed by atoms with Crippen LogP contribution in [0, 0.1) is 0 Å². The van der Waals surface area contributed by atoms with Gasteiger partial charge in [0.2, 0.25) is 0 Å². The SMILES string of the molecule is c1ccc(CCCOCc2ccccc2COC2CNCCC2c2ccc(OCCCOCc3ccccc3)cc2)cc1. The number of nitrogens with one attached hydrogen (secondary N) is 1. The van der Waals surface area contributed by atoms with Gasteiger partial charge in [0.25, 0.3) is 0 Å². The highest BCUT2D eigenvalue weighted by Crippen LogP contribution is 2.30. The van der Waals surface area contributed by atoms with Crippen LogP contribution in [0.5, 0.6) is 5.75 Å². The van der Waals surface area contributed by atoms with Gasteiger partial charge in [0.15, 0.2) is 0 Å². The maximum atomic E-state index is 6.56. The van der Waals surface area contributed by atoms with E-state index in [4.69, 9.17) is 18.9 Å². The van der Waals surface area contributed by atoms with E-state index in [1.807, 2.05) is 18.2 Å². The second-order valence-electron chi connectivity index (χ2n) is 11.2. The van der Waals surface area contributed by atoms with Crippen LogP contribution in [0.1, 0.15) is 53.0 Å². The molecule has 0 bridgehead atoms. The van der Waals surface area contributed by atoms with Crippen molar-refractivity contribution in [2.24, 2.45) is 0 Å². The first-order chi connectivity index (χ1) is 21.3. The lowest BCUT2D eigenvalue weighted by Gasteiger charge is -2.33. The van der Waals surface area contributed by atoms with Crippen molar-refractivity contribution in [1.82, 2.24) is 5.32 Å². The largest absolute Gasteiger partial charge is 0.494 e. The van der Waals surface area contributed by atoms with Crippen LogP contribution >= 0.6 is 0 Å². The zero-order chi connectivity index (χ0) is 29.4. The minimum atomic E-state index is 0.113. The maximum Gasteiger partial charge on any atom is 0.119 e. The van der Waals surface area contributed by atoms with Crippen molar-refractivity contribution in [2.75, 3.05) is 32.9 Å². The zero-order valence-corrected chi connectivity index (χ0v) is 25.2. The van der Waals surface area contributed by atoms with Crippen molar-refractivity contribution in [2.45, 2.75) is 57.5 Å². The third-order valence-electron chi connectivity index (χ3n) is 7.97. The Balaban J connectivity index is 1.04. The van der Waals surface area contributed by atoms with Crippen LogP contribution in [0.4, 0.5) is 0 Å². The first-order valence-electron chi connectivity index (χ1n) is 15.7. The lowest BCUT2D eigenvalue weighted by molar-refractivity contribution is 0.00945. The van der Waals surface area contributed by atoms with Crippen LogP contribution < -0.4 is 10.1 Å². The standard InChI is InChI=1S/C38H45NO4/c1-3-11-31(12-4-1)15-9-24-41-29-34-16-7-8-17-35(34)30-43-38-27-39-23-22-37(38)33-18-20-36(21-19-33)42-26-10-25-40-28-32-13-5-2-6-14-32/h1-8,11-14,16-21,37-39H,9-10,15,22-30H2. The Bertz CT molecular complexity index is 1310. The Morgan fingerprint density at radius 3 is 2.02 bits per heavy atom. The Morgan fingerprint density at radius 1 is 0.605 bits per heavy atom. The quantitative estimate of drug-likeness (QED) is 0.131. The number of benzene rings is 4. The molecule has 1 heterocycles. The van der Waals surface area contributed by atoms with E-state index in [1.165, 1.54) is 27.8 Å². The monoisotopic (exact) mass is 579 g/mol. The van der Waals surface area contributed by atoms with E-state index < -0.39 is 0 Å². The summed E-state index contributed by atoms with van der Waals surface area (Å²) >= 11 is 0. The third kappa shape index (κ3) is 10.3. The van der Waals surface area contributed by atoms with Crippen LogP contribution in [0.25, 0.3) is 0 Å². The van der Waals surface area contributed by atoms with Crippen LogP contribution in [0.2, 0.25) is 0 Å². The van der Waals surface area contributed by atoms with E-state index in [2.05, 4.69) is 96.3 Å². The molecule has 0 amide bonds. The van der Waals surface area contributed by atoms with Crippen molar-refractivity contribution in [1.29, 1.82) is 0 Å². The molecule has 1 N–H and O–H groups in total. The first kappa shape index (κ1) is 31.0. The minimum Gasteiger partial charge on any atom is -0.494 e. The third-order valence-corrected chi connectivity index (χ3v) is 7.97. The molecule has 1 aliphatic rings. The molecule has 0 aromatic heterocycles. The topological polar surface area (TPSA) is 49.0 Å². The molecule has 5 heteroatoms. The van der Waals surface area contributed by atoms with Crippen molar-refractivity contribution in [3.63, 3.8) is 0 Å². The fraction of sp³-hybridized carbons (Fsp3) is 0.368. The summed E-state index contributed by atoms with van der Waals surface area (Å²) in [6, 6.07) is 37.9. The summed E-state index contributed by atoms with van der Waals surface area (Å²) in [6.07, 6.45) is 4.08. The van der Waals surface area contributed by atoms with Gasteiger partial charge < -0.3 is 24.3 Å². The second kappa shape index (κ2) is 17.6. The van der Waals surface area contributed by atoms with E-state index in [1.54, 1.807) is 0 Å². The summed E-state index contributed by atoms with van der Waals surface area (Å²) in [5.74, 6) is 1.25. The van der Waals surface area contributed by atoms with Crippen LogP contribution in [0.15, 0.2) is 109 Å². The van der Waals surface area contributed by atoms with Gasteiger partial charge in [-0.1, -0.05) is 97.1 Å². The summed E-state index contributed by atoms with van der Waals surface area (Å²) < 4.78 is 24.4. The Morgan fingerprint density at radius 2 is 1.26 bits per heavy atom. The number of hydrogen-bond donors (Lipinski definition) is 1. The van der Waals surface area contributed by atoms with Gasteiger partial charge in [-0.3, -0.25) is 0 Å². The van der Waals surface area contributed by atoms with Gasteiger partial charge in [-0.25, -0.2) is 0 Å². The number of rotatable bonds is 17. The molecule has 0 radical (unpaired) electrons. The van der Waals surface area contributed by atoms with Crippen molar-refractivity contribution >= 4 is 0 Å². The van der Waals surface area contributed by atoms with Crippen LogP contribution in [0.3, 0.4) is 0 Å². The highest BCUT2D eigenvalue weighted by Gasteiger charge is 2.27. The molecule has 0 saturated carbocycles. The van der Waals surface area contributed by atoms with E-state index in [-0.39, 0.29) is 6.10 Å². The molecule has 4 aromatic carbocycles.